The molecule has 5 heteroatoms. The largest absolute Gasteiger partial charge is 0.497 e. The van der Waals surface area contributed by atoms with Gasteiger partial charge in [0.15, 0.2) is 0 Å². The third kappa shape index (κ3) is 2.05. The molecule has 0 aliphatic heterocycles. The molecule has 1 atom stereocenters. The Morgan fingerprint density at radius 1 is 1.57 bits per heavy atom. The lowest BCUT2D eigenvalue weighted by Gasteiger charge is -2.16. The molecule has 14 heavy (non-hydrogen) atoms. The molecule has 0 heterocycles. The quantitative estimate of drug-likeness (QED) is 0.805. The topological polar surface area (TPSA) is 66.8 Å². The number of hydrogen-bond donors (Lipinski definition) is 2. The number of ether oxygens (including phenoxy) is 1. The van der Waals surface area contributed by atoms with E-state index >= 15 is 0 Å². The first kappa shape index (κ1) is 11.0. The molecule has 0 amide bonds. The first-order valence-electron chi connectivity index (χ1n) is 3.77. The lowest BCUT2D eigenvalue weighted by atomic mass is 10.1. The summed E-state index contributed by atoms with van der Waals surface area (Å²) in [5.41, 5.74) is 0.212. The molecule has 0 bridgehead atoms. The predicted molar refractivity (Wildman–Crippen MR) is 53.5 cm³/mol. The van der Waals surface area contributed by atoms with Crippen LogP contribution in [-0.2, 0) is 9.30 Å². The van der Waals surface area contributed by atoms with Gasteiger partial charge in [-0.15, -0.1) is 0 Å². The Morgan fingerprint density at radius 3 is 2.71 bits per heavy atom. The van der Waals surface area contributed by atoms with E-state index in [-0.39, 0.29) is 5.56 Å². The summed E-state index contributed by atoms with van der Waals surface area (Å²) in [5, 5.41) is 18.3. The van der Waals surface area contributed by atoms with Crippen LogP contribution in [0.1, 0.15) is 5.56 Å². The second-order valence-electron chi connectivity index (χ2n) is 2.66. The average molecular weight is 261 g/mol. The molecular formula is C9H9BrO4. The van der Waals surface area contributed by atoms with E-state index in [1.807, 2.05) is 0 Å². The fraction of sp³-hybridized carbons (Fsp3) is 0.222. The third-order valence-electron chi connectivity index (χ3n) is 1.74. The highest BCUT2D eigenvalue weighted by Crippen LogP contribution is 2.30. The van der Waals surface area contributed by atoms with Crippen LogP contribution in [0.25, 0.3) is 0 Å². The highest BCUT2D eigenvalue weighted by molar-refractivity contribution is 9.10. The summed E-state index contributed by atoms with van der Waals surface area (Å²) in [6, 6.07) is 6.20. The van der Waals surface area contributed by atoms with Crippen molar-refractivity contribution in [2.24, 2.45) is 0 Å². The Morgan fingerprint density at radius 2 is 2.21 bits per heavy atom. The maximum absolute atomic E-state index is 10.7. The maximum Gasteiger partial charge on any atom is 0.351 e. The van der Waals surface area contributed by atoms with Gasteiger partial charge in [0, 0.05) is 5.56 Å². The van der Waals surface area contributed by atoms with E-state index in [4.69, 9.17) is 9.84 Å². The number of hydrogen-bond acceptors (Lipinski definition) is 3. The van der Waals surface area contributed by atoms with Gasteiger partial charge in [0.05, 0.1) is 7.11 Å². The van der Waals surface area contributed by atoms with Crippen LogP contribution in [0, 0.1) is 0 Å². The zero-order valence-electron chi connectivity index (χ0n) is 7.40. The Bertz CT molecular complexity index is 348. The van der Waals surface area contributed by atoms with Crippen molar-refractivity contribution in [2.45, 2.75) is 4.51 Å². The third-order valence-corrected chi connectivity index (χ3v) is 2.53. The average Bonchev–Trinajstić information content (AvgIpc) is 2.17. The molecule has 1 aromatic rings. The monoisotopic (exact) mass is 260 g/mol. The Balaban J connectivity index is 3.12. The first-order chi connectivity index (χ1) is 6.48. The number of rotatable bonds is 3. The van der Waals surface area contributed by atoms with Crippen LogP contribution in [0.5, 0.6) is 5.75 Å². The predicted octanol–water partition coefficient (Wildman–Crippen LogP) is 1.32. The molecule has 1 unspecified atom stereocenters. The molecule has 4 nitrogen and oxygen atoms in total. The van der Waals surface area contributed by atoms with Crippen molar-refractivity contribution >= 4 is 21.9 Å². The summed E-state index contributed by atoms with van der Waals surface area (Å²) in [6.07, 6.45) is 0. The minimum Gasteiger partial charge on any atom is -0.497 e. The fourth-order valence-electron chi connectivity index (χ4n) is 0.953. The lowest BCUT2D eigenvalue weighted by Crippen LogP contribution is -2.28. The summed E-state index contributed by atoms with van der Waals surface area (Å²) < 4.78 is 2.84. The summed E-state index contributed by atoms with van der Waals surface area (Å²) in [7, 11) is 1.47. The SMILES string of the molecule is COc1cccc(C(O)(Br)C(=O)O)c1. The lowest BCUT2D eigenvalue weighted by molar-refractivity contribution is -0.149. The van der Waals surface area contributed by atoms with Crippen molar-refractivity contribution in [3.05, 3.63) is 29.8 Å². The van der Waals surface area contributed by atoms with E-state index in [2.05, 4.69) is 15.9 Å². The fourth-order valence-corrected chi connectivity index (χ4v) is 1.20. The Labute approximate surface area is 89.3 Å². The zero-order valence-corrected chi connectivity index (χ0v) is 8.98. The normalized spacial score (nSPS) is 14.5. The van der Waals surface area contributed by atoms with Crippen LogP contribution in [0.2, 0.25) is 0 Å². The minimum atomic E-state index is -2.07. The van der Waals surface area contributed by atoms with Crippen molar-refractivity contribution in [3.63, 3.8) is 0 Å². The number of halogens is 1. The van der Waals surface area contributed by atoms with Crippen LogP contribution < -0.4 is 4.74 Å². The summed E-state index contributed by atoms with van der Waals surface area (Å²) in [4.78, 5) is 10.7. The second kappa shape index (κ2) is 3.98. The van der Waals surface area contributed by atoms with E-state index in [0.29, 0.717) is 5.75 Å². The van der Waals surface area contributed by atoms with Gasteiger partial charge < -0.3 is 14.9 Å². The second-order valence-corrected chi connectivity index (χ2v) is 3.81. The molecule has 0 saturated carbocycles. The summed E-state index contributed by atoms with van der Waals surface area (Å²) in [6.45, 7) is 0. The highest BCUT2D eigenvalue weighted by atomic mass is 79.9. The summed E-state index contributed by atoms with van der Waals surface area (Å²) in [5.74, 6) is -0.882. The number of aliphatic carboxylic acids is 1. The van der Waals surface area contributed by atoms with Gasteiger partial charge in [0.1, 0.15) is 5.75 Å². The number of methoxy groups -OCH3 is 1. The van der Waals surface area contributed by atoms with Gasteiger partial charge in [-0.3, -0.25) is 0 Å². The van der Waals surface area contributed by atoms with Crippen molar-refractivity contribution in [3.8, 4) is 5.75 Å². The van der Waals surface area contributed by atoms with E-state index in [1.54, 1.807) is 12.1 Å². The van der Waals surface area contributed by atoms with E-state index in [9.17, 15) is 9.90 Å². The number of carboxylic acid groups (broad SMARTS) is 1. The van der Waals surface area contributed by atoms with Gasteiger partial charge in [-0.2, -0.15) is 0 Å². The van der Waals surface area contributed by atoms with Crippen LogP contribution in [0.4, 0.5) is 0 Å². The van der Waals surface area contributed by atoms with Gasteiger partial charge in [0.25, 0.3) is 0 Å². The molecule has 1 aromatic carbocycles. The highest BCUT2D eigenvalue weighted by Gasteiger charge is 2.34. The minimum absolute atomic E-state index is 0.212. The molecule has 2 N–H and O–H groups in total. The van der Waals surface area contributed by atoms with Crippen LogP contribution in [0.3, 0.4) is 0 Å². The van der Waals surface area contributed by atoms with Gasteiger partial charge >= 0.3 is 5.97 Å². The molecule has 0 radical (unpaired) electrons. The van der Waals surface area contributed by atoms with Crippen molar-refractivity contribution in [2.75, 3.05) is 7.11 Å². The van der Waals surface area contributed by atoms with E-state index < -0.39 is 10.5 Å². The van der Waals surface area contributed by atoms with E-state index in [0.717, 1.165) is 0 Å². The molecule has 0 aliphatic rings. The number of aliphatic hydroxyl groups is 1. The Kier molecular flexibility index (Phi) is 3.13. The smallest absolute Gasteiger partial charge is 0.351 e. The Hall–Kier alpha value is -1.07. The number of benzene rings is 1. The zero-order chi connectivity index (χ0) is 10.8. The van der Waals surface area contributed by atoms with Gasteiger partial charge in [-0.25, -0.2) is 4.79 Å². The molecule has 0 aliphatic carbocycles. The van der Waals surface area contributed by atoms with Crippen LogP contribution in [-0.4, -0.2) is 23.3 Å². The van der Waals surface area contributed by atoms with Gasteiger partial charge in [-0.1, -0.05) is 12.1 Å². The molecule has 1 rings (SSSR count). The van der Waals surface area contributed by atoms with Crippen molar-refractivity contribution in [1.29, 1.82) is 0 Å². The number of alkyl halides is 1. The number of carboxylic acids is 1. The molecule has 0 saturated heterocycles. The maximum atomic E-state index is 10.7. The van der Waals surface area contributed by atoms with Crippen LogP contribution in [0.15, 0.2) is 24.3 Å². The molecular weight excluding hydrogens is 252 g/mol. The summed E-state index contributed by atoms with van der Waals surface area (Å²) >= 11 is 2.72. The molecule has 76 valence electrons. The standard InChI is InChI=1S/C9H9BrO4/c1-14-7-4-2-3-6(5-7)9(10,13)8(11)12/h2-5,13H,1H3,(H,11,12). The first-order valence-corrected chi connectivity index (χ1v) is 4.57. The molecule has 0 fully saturated rings. The van der Waals surface area contributed by atoms with Crippen molar-refractivity contribution < 1.29 is 19.7 Å². The molecule has 0 aromatic heterocycles. The van der Waals surface area contributed by atoms with Gasteiger partial charge in [0.2, 0.25) is 4.51 Å². The number of carbonyl (C=O) groups is 1. The molecule has 0 spiro atoms. The van der Waals surface area contributed by atoms with Crippen molar-refractivity contribution in [1.82, 2.24) is 0 Å². The van der Waals surface area contributed by atoms with Gasteiger partial charge in [-0.05, 0) is 28.1 Å². The van der Waals surface area contributed by atoms with E-state index in [1.165, 1.54) is 19.2 Å². The van der Waals surface area contributed by atoms with Crippen LogP contribution >= 0.6 is 15.9 Å².